The van der Waals surface area contributed by atoms with Crippen molar-refractivity contribution in [2.75, 3.05) is 0 Å². The van der Waals surface area contributed by atoms with E-state index in [1.54, 1.807) is 0 Å². The molecule has 2 unspecified atom stereocenters. The third-order valence-corrected chi connectivity index (χ3v) is 0.805. The summed E-state index contributed by atoms with van der Waals surface area (Å²) in [6.45, 7) is 6.00. The molecule has 7 heteroatoms. The van der Waals surface area contributed by atoms with Crippen LogP contribution in [-0.2, 0) is 9.59 Å². The van der Waals surface area contributed by atoms with Crippen molar-refractivity contribution in [3.63, 3.8) is 0 Å². The largest absolute Gasteiger partial charge is 0.479 e. The van der Waals surface area contributed by atoms with Crippen LogP contribution in [0.2, 0.25) is 0 Å². The van der Waals surface area contributed by atoms with Crippen LogP contribution in [0, 0.1) is 0 Å². The lowest BCUT2D eigenvalue weighted by atomic mass is 10.2. The van der Waals surface area contributed by atoms with E-state index in [0.717, 1.165) is 0 Å². The van der Waals surface area contributed by atoms with Crippen LogP contribution in [0.25, 0.3) is 0 Å². The second kappa shape index (κ2) is 8.65. The molecule has 7 nitrogen and oxygen atoms in total. The van der Waals surface area contributed by atoms with Crippen molar-refractivity contribution in [3.8, 4) is 0 Å². The molecule has 0 aliphatic heterocycles. The minimum absolute atomic E-state index is 0. The van der Waals surface area contributed by atoms with E-state index in [4.69, 9.17) is 20.4 Å². The number of aliphatic hydroxyl groups is 2. The summed E-state index contributed by atoms with van der Waals surface area (Å²) < 4.78 is 0. The van der Waals surface area contributed by atoms with Crippen LogP contribution >= 0.6 is 0 Å². The summed E-state index contributed by atoms with van der Waals surface area (Å²) in [6.07, 6.45) is -4.53. The lowest BCUT2D eigenvalue weighted by Gasteiger charge is -2.07. The Morgan fingerprint density at radius 3 is 1.15 bits per heavy atom. The summed E-state index contributed by atoms with van der Waals surface area (Å²) in [5.41, 5.74) is 0. The first-order valence-electron chi connectivity index (χ1n) is 2.78. The van der Waals surface area contributed by atoms with Gasteiger partial charge in [-0.3, -0.25) is 0 Å². The number of rotatable bonds is 3. The second-order valence-electron chi connectivity index (χ2n) is 1.57. The van der Waals surface area contributed by atoms with Gasteiger partial charge in [0.25, 0.3) is 0 Å². The Balaban J connectivity index is -0.000000309. The fourth-order valence-corrected chi connectivity index (χ4v) is 0.270. The maximum atomic E-state index is 9.77. The molecule has 0 rings (SSSR count). The van der Waals surface area contributed by atoms with Gasteiger partial charge in [0.05, 0.1) is 0 Å². The van der Waals surface area contributed by atoms with Gasteiger partial charge < -0.3 is 26.6 Å². The summed E-state index contributed by atoms with van der Waals surface area (Å²) in [4.78, 5) is 19.5. The lowest BCUT2D eigenvalue weighted by Crippen LogP contribution is -2.39. The molecule has 0 radical (unpaired) electrons. The Labute approximate surface area is 74.5 Å². The Bertz CT molecular complexity index is 153. The number of carbonyl (C=O) groups is 2. The highest BCUT2D eigenvalue weighted by atomic mass is 16.4. The summed E-state index contributed by atoms with van der Waals surface area (Å²) in [5.74, 6) is -3.54. The molecule has 0 fully saturated rings. The van der Waals surface area contributed by atoms with Crippen molar-refractivity contribution in [2.45, 2.75) is 12.2 Å². The van der Waals surface area contributed by atoms with E-state index in [1.807, 2.05) is 0 Å². The van der Waals surface area contributed by atoms with Gasteiger partial charge in [-0.2, -0.15) is 0 Å². The maximum absolute atomic E-state index is 9.77. The molecular formula is C6H13NO6. The molecule has 13 heavy (non-hydrogen) atoms. The molecule has 0 aliphatic carbocycles. The van der Waals surface area contributed by atoms with Crippen LogP contribution in [0.1, 0.15) is 0 Å². The molecule has 0 spiro atoms. The molecule has 0 aromatic carbocycles. The van der Waals surface area contributed by atoms with Crippen molar-refractivity contribution in [3.05, 3.63) is 13.2 Å². The predicted molar refractivity (Wildman–Crippen MR) is 43.6 cm³/mol. The van der Waals surface area contributed by atoms with Crippen LogP contribution in [0.5, 0.6) is 0 Å². The molecule has 0 heterocycles. The number of carboxylic acids is 2. The highest BCUT2D eigenvalue weighted by Crippen LogP contribution is 1.92. The maximum Gasteiger partial charge on any atom is 0.335 e. The molecule has 0 saturated carbocycles. The number of hydrogen-bond donors (Lipinski definition) is 5. The molecular weight excluding hydrogens is 182 g/mol. The number of aliphatic hydroxyl groups excluding tert-OH is 2. The van der Waals surface area contributed by atoms with Gasteiger partial charge in [0, 0.05) is 0 Å². The third-order valence-electron chi connectivity index (χ3n) is 0.805. The number of hydrogen-bond acceptors (Lipinski definition) is 5. The number of carboxylic acid groups (broad SMARTS) is 2. The molecule has 0 bridgehead atoms. The van der Waals surface area contributed by atoms with E-state index in [2.05, 4.69) is 13.2 Å². The van der Waals surface area contributed by atoms with E-state index >= 15 is 0 Å². The van der Waals surface area contributed by atoms with Crippen LogP contribution in [-0.4, -0.2) is 44.6 Å². The topological polar surface area (TPSA) is 150 Å². The Morgan fingerprint density at radius 1 is 0.923 bits per heavy atom. The molecule has 2 atom stereocenters. The van der Waals surface area contributed by atoms with Gasteiger partial charge in [0.15, 0.2) is 12.2 Å². The zero-order valence-corrected chi connectivity index (χ0v) is 6.88. The number of aliphatic carboxylic acids is 2. The monoisotopic (exact) mass is 195 g/mol. The third kappa shape index (κ3) is 6.94. The fraction of sp³-hybridized carbons (Fsp3) is 0.333. The van der Waals surface area contributed by atoms with E-state index in [1.165, 1.54) is 0 Å². The Morgan fingerprint density at radius 2 is 1.08 bits per heavy atom. The van der Waals surface area contributed by atoms with Gasteiger partial charge in [-0.25, -0.2) is 9.59 Å². The van der Waals surface area contributed by atoms with E-state index in [0.29, 0.717) is 0 Å². The average Bonchev–Trinajstić information content (AvgIpc) is 2.05. The van der Waals surface area contributed by atoms with Crippen molar-refractivity contribution in [1.29, 1.82) is 0 Å². The minimum Gasteiger partial charge on any atom is -0.479 e. The zero-order chi connectivity index (χ0) is 10.3. The van der Waals surface area contributed by atoms with Crippen LogP contribution < -0.4 is 6.15 Å². The predicted octanol–water partition coefficient (Wildman–Crippen LogP) is -1.16. The van der Waals surface area contributed by atoms with Gasteiger partial charge in [0.1, 0.15) is 0 Å². The van der Waals surface area contributed by atoms with Crippen LogP contribution in [0.15, 0.2) is 13.2 Å². The van der Waals surface area contributed by atoms with Crippen molar-refractivity contribution < 1.29 is 30.0 Å². The second-order valence-corrected chi connectivity index (χ2v) is 1.57. The fourth-order valence-electron chi connectivity index (χ4n) is 0.270. The van der Waals surface area contributed by atoms with Gasteiger partial charge in [0.2, 0.25) is 0 Å². The molecule has 0 aliphatic rings. The summed E-state index contributed by atoms with van der Waals surface area (Å²) in [7, 11) is 0. The molecule has 78 valence electrons. The van der Waals surface area contributed by atoms with Gasteiger partial charge in [-0.15, -0.1) is 13.2 Å². The lowest BCUT2D eigenvalue weighted by molar-refractivity contribution is -0.165. The van der Waals surface area contributed by atoms with Crippen molar-refractivity contribution >= 4 is 11.9 Å². The normalized spacial score (nSPS) is 12.5. The van der Waals surface area contributed by atoms with Gasteiger partial charge >= 0.3 is 11.9 Å². The van der Waals surface area contributed by atoms with Crippen molar-refractivity contribution in [2.24, 2.45) is 0 Å². The summed E-state index contributed by atoms with van der Waals surface area (Å²) >= 11 is 0. The highest BCUT2D eigenvalue weighted by Gasteiger charge is 2.29. The van der Waals surface area contributed by atoms with Crippen LogP contribution in [0.3, 0.4) is 0 Å². The molecule has 0 aromatic heterocycles. The molecule has 0 amide bonds. The first-order chi connectivity index (χ1) is 5.46. The average molecular weight is 195 g/mol. The first-order valence-corrected chi connectivity index (χ1v) is 2.78. The Hall–Kier alpha value is -1.44. The summed E-state index contributed by atoms with van der Waals surface area (Å²) in [6, 6.07) is 0. The van der Waals surface area contributed by atoms with E-state index < -0.39 is 24.1 Å². The smallest absolute Gasteiger partial charge is 0.335 e. The molecule has 0 saturated heterocycles. The SMILES string of the molecule is C=C.N.O=C(O)C(O)C(O)C(=O)O. The Kier molecular flexibility index (Phi) is 11.7. The van der Waals surface area contributed by atoms with Crippen LogP contribution in [0.4, 0.5) is 0 Å². The standard InChI is InChI=1S/C4H6O6.C2H4.H3N/c5-1(3(7)8)2(6)4(9)10;1-2;/h1-2,5-6H,(H,7,8)(H,9,10);1-2H2;1H3. The zero-order valence-electron chi connectivity index (χ0n) is 6.88. The highest BCUT2D eigenvalue weighted by molar-refractivity contribution is 5.82. The minimum atomic E-state index is -2.27. The van der Waals surface area contributed by atoms with Crippen molar-refractivity contribution in [1.82, 2.24) is 6.15 Å². The quantitative estimate of drug-likeness (QED) is 0.356. The van der Waals surface area contributed by atoms with E-state index in [-0.39, 0.29) is 6.15 Å². The molecule has 0 aromatic rings. The van der Waals surface area contributed by atoms with E-state index in [9.17, 15) is 9.59 Å². The van der Waals surface area contributed by atoms with Gasteiger partial charge in [-0.05, 0) is 0 Å². The van der Waals surface area contributed by atoms with Gasteiger partial charge in [-0.1, -0.05) is 0 Å². The molecule has 7 N–H and O–H groups in total. The summed E-state index contributed by atoms with van der Waals surface area (Å²) in [5, 5.41) is 32.5. The first kappa shape index (κ1) is 17.6.